The molecular formula is C22H27BrO5. The monoisotopic (exact) mass is 450 g/mol. The third-order valence-electron chi connectivity index (χ3n) is 9.07. The molecule has 0 bridgehead atoms. The van der Waals surface area contributed by atoms with E-state index in [0.29, 0.717) is 6.42 Å². The second-order valence-electron chi connectivity index (χ2n) is 9.96. The van der Waals surface area contributed by atoms with Crippen LogP contribution >= 0.6 is 15.9 Å². The second kappa shape index (κ2) is 5.45. The molecule has 0 radical (unpaired) electrons. The lowest BCUT2D eigenvalue weighted by atomic mass is 9.46. The number of aliphatic hydroxyl groups is 2. The van der Waals surface area contributed by atoms with E-state index < -0.39 is 23.4 Å². The lowest BCUT2D eigenvalue weighted by Gasteiger charge is -2.56. The number of carbonyl (C=O) groups excluding carboxylic acids is 2. The molecule has 4 aliphatic carbocycles. The first-order valence-electron chi connectivity index (χ1n) is 10.2. The summed E-state index contributed by atoms with van der Waals surface area (Å²) in [7, 11) is 0. The van der Waals surface area contributed by atoms with Crippen molar-refractivity contribution in [1.82, 2.24) is 0 Å². The van der Waals surface area contributed by atoms with E-state index >= 15 is 0 Å². The van der Waals surface area contributed by atoms with Gasteiger partial charge in [-0.3, -0.25) is 9.59 Å². The molecule has 0 aromatic carbocycles. The molecule has 28 heavy (non-hydrogen) atoms. The van der Waals surface area contributed by atoms with Crippen LogP contribution in [0.2, 0.25) is 0 Å². The molecule has 9 atom stereocenters. The SMILES string of the molecule is C[C@H]1C[C@H]2[C@@H]3C[C@@H](Br)C4=CC(=O)C=C[C@]4(C)[C@@]34O[C@H]4C[C@]2(C)[C@@]1(O)C(=O)CO. The third kappa shape index (κ3) is 1.85. The molecule has 6 heteroatoms. The maximum Gasteiger partial charge on any atom is 0.190 e. The van der Waals surface area contributed by atoms with Gasteiger partial charge < -0.3 is 14.9 Å². The number of epoxide rings is 1. The number of carbonyl (C=O) groups is 2. The Morgan fingerprint density at radius 3 is 2.71 bits per heavy atom. The van der Waals surface area contributed by atoms with Gasteiger partial charge in [0.1, 0.15) is 17.8 Å². The smallest absolute Gasteiger partial charge is 0.190 e. The topological polar surface area (TPSA) is 87.1 Å². The van der Waals surface area contributed by atoms with Crippen molar-refractivity contribution < 1.29 is 24.5 Å². The molecule has 0 aromatic heterocycles. The summed E-state index contributed by atoms with van der Waals surface area (Å²) in [6.07, 6.45) is 7.49. The molecule has 0 amide bonds. The minimum Gasteiger partial charge on any atom is -0.388 e. The predicted molar refractivity (Wildman–Crippen MR) is 106 cm³/mol. The number of Topliss-reactive ketones (excluding diaryl/α,β-unsaturated/α-hetero) is 1. The van der Waals surface area contributed by atoms with Crippen LogP contribution in [0.25, 0.3) is 0 Å². The lowest BCUT2D eigenvalue weighted by Crippen LogP contribution is -2.63. The summed E-state index contributed by atoms with van der Waals surface area (Å²) in [5.74, 6) is -0.380. The van der Waals surface area contributed by atoms with E-state index in [1.54, 1.807) is 12.2 Å². The average Bonchev–Trinajstić information content (AvgIpc) is 3.34. The number of aliphatic hydroxyl groups excluding tert-OH is 1. The van der Waals surface area contributed by atoms with E-state index in [4.69, 9.17) is 4.74 Å². The molecule has 4 fully saturated rings. The van der Waals surface area contributed by atoms with Gasteiger partial charge in [0.25, 0.3) is 0 Å². The minimum absolute atomic E-state index is 0.0158. The number of rotatable bonds is 2. The number of ether oxygens (including phenoxy) is 1. The Morgan fingerprint density at radius 1 is 1.32 bits per heavy atom. The first kappa shape index (κ1) is 19.2. The molecule has 2 N–H and O–H groups in total. The summed E-state index contributed by atoms with van der Waals surface area (Å²) in [5, 5.41) is 21.1. The highest BCUT2D eigenvalue weighted by molar-refractivity contribution is 9.09. The van der Waals surface area contributed by atoms with Crippen molar-refractivity contribution in [2.24, 2.45) is 28.6 Å². The fourth-order valence-electron chi connectivity index (χ4n) is 7.69. The fourth-order valence-corrected chi connectivity index (χ4v) is 8.70. The van der Waals surface area contributed by atoms with Gasteiger partial charge in [-0.1, -0.05) is 35.9 Å². The molecule has 5 nitrogen and oxygen atoms in total. The number of alkyl halides is 1. The van der Waals surface area contributed by atoms with Crippen molar-refractivity contribution in [2.45, 2.75) is 62.2 Å². The highest BCUT2D eigenvalue weighted by Crippen LogP contribution is 2.76. The summed E-state index contributed by atoms with van der Waals surface area (Å²) in [6.45, 7) is 5.46. The van der Waals surface area contributed by atoms with Gasteiger partial charge in [-0.25, -0.2) is 0 Å². The van der Waals surface area contributed by atoms with Crippen LogP contribution < -0.4 is 0 Å². The van der Waals surface area contributed by atoms with Gasteiger partial charge in [0.15, 0.2) is 11.6 Å². The summed E-state index contributed by atoms with van der Waals surface area (Å²) in [5.41, 5.74) is -1.82. The Kier molecular flexibility index (Phi) is 3.73. The van der Waals surface area contributed by atoms with Crippen LogP contribution in [-0.4, -0.2) is 50.5 Å². The van der Waals surface area contributed by atoms with Gasteiger partial charge in [0, 0.05) is 15.7 Å². The lowest BCUT2D eigenvalue weighted by molar-refractivity contribution is -0.165. The molecule has 1 aliphatic heterocycles. The van der Waals surface area contributed by atoms with Gasteiger partial charge in [-0.2, -0.15) is 0 Å². The van der Waals surface area contributed by atoms with E-state index in [1.165, 1.54) is 0 Å². The van der Waals surface area contributed by atoms with Crippen LogP contribution in [0, 0.1) is 28.6 Å². The van der Waals surface area contributed by atoms with Gasteiger partial charge in [0.05, 0.1) is 6.10 Å². The summed E-state index contributed by atoms with van der Waals surface area (Å²) in [4.78, 5) is 24.8. The highest BCUT2D eigenvalue weighted by Gasteiger charge is 2.82. The summed E-state index contributed by atoms with van der Waals surface area (Å²) >= 11 is 3.82. The largest absolute Gasteiger partial charge is 0.388 e. The molecule has 5 rings (SSSR count). The number of fused-ring (bicyclic) bond motifs is 3. The first-order valence-corrected chi connectivity index (χ1v) is 11.1. The van der Waals surface area contributed by atoms with E-state index in [9.17, 15) is 19.8 Å². The van der Waals surface area contributed by atoms with Crippen molar-refractivity contribution in [3.63, 3.8) is 0 Å². The highest BCUT2D eigenvalue weighted by atomic mass is 79.9. The van der Waals surface area contributed by atoms with E-state index in [2.05, 4.69) is 22.9 Å². The molecule has 0 unspecified atom stereocenters. The van der Waals surface area contributed by atoms with Crippen LogP contribution in [0.1, 0.15) is 40.0 Å². The van der Waals surface area contributed by atoms with Crippen LogP contribution in [-0.2, 0) is 14.3 Å². The average molecular weight is 451 g/mol. The van der Waals surface area contributed by atoms with Crippen molar-refractivity contribution >= 4 is 27.5 Å². The Bertz CT molecular complexity index is 850. The maximum absolute atomic E-state index is 12.7. The second-order valence-corrected chi connectivity index (χ2v) is 11.1. The minimum atomic E-state index is -1.53. The van der Waals surface area contributed by atoms with Gasteiger partial charge in [-0.15, -0.1) is 0 Å². The van der Waals surface area contributed by atoms with Crippen LogP contribution in [0.5, 0.6) is 0 Å². The zero-order valence-corrected chi connectivity index (χ0v) is 18.0. The van der Waals surface area contributed by atoms with Crippen molar-refractivity contribution in [3.05, 3.63) is 23.8 Å². The van der Waals surface area contributed by atoms with Gasteiger partial charge >= 0.3 is 0 Å². The quantitative estimate of drug-likeness (QED) is 0.497. The summed E-state index contributed by atoms with van der Waals surface area (Å²) in [6, 6.07) is 0. The van der Waals surface area contributed by atoms with E-state index in [0.717, 1.165) is 18.4 Å². The summed E-state index contributed by atoms with van der Waals surface area (Å²) < 4.78 is 6.46. The zero-order chi connectivity index (χ0) is 20.3. The first-order chi connectivity index (χ1) is 13.1. The third-order valence-corrected chi connectivity index (χ3v) is 9.94. The van der Waals surface area contributed by atoms with Crippen LogP contribution in [0.4, 0.5) is 0 Å². The Labute approximate surface area is 173 Å². The Morgan fingerprint density at radius 2 is 2.04 bits per heavy atom. The van der Waals surface area contributed by atoms with E-state index in [-0.39, 0.29) is 45.5 Å². The number of hydrogen-bond donors (Lipinski definition) is 2. The Balaban J connectivity index is 1.63. The Hall–Kier alpha value is -0.820. The normalized spacial score (nSPS) is 56.3. The molecule has 1 saturated heterocycles. The zero-order valence-electron chi connectivity index (χ0n) is 16.4. The number of halogens is 1. The maximum atomic E-state index is 12.7. The van der Waals surface area contributed by atoms with Crippen molar-refractivity contribution in [3.8, 4) is 0 Å². The van der Waals surface area contributed by atoms with Gasteiger partial charge in [0.2, 0.25) is 0 Å². The van der Waals surface area contributed by atoms with Crippen molar-refractivity contribution in [1.29, 1.82) is 0 Å². The molecule has 5 aliphatic rings. The molecule has 0 aromatic rings. The number of ketones is 2. The molecule has 1 heterocycles. The van der Waals surface area contributed by atoms with Crippen LogP contribution in [0.3, 0.4) is 0 Å². The molecular weight excluding hydrogens is 424 g/mol. The number of hydrogen-bond acceptors (Lipinski definition) is 5. The van der Waals surface area contributed by atoms with Gasteiger partial charge in [-0.05, 0) is 61.7 Å². The van der Waals surface area contributed by atoms with E-state index in [1.807, 2.05) is 19.9 Å². The van der Waals surface area contributed by atoms with Crippen molar-refractivity contribution in [2.75, 3.05) is 6.61 Å². The predicted octanol–water partition coefficient (Wildman–Crippen LogP) is 2.34. The van der Waals surface area contributed by atoms with Crippen LogP contribution in [0.15, 0.2) is 23.8 Å². The molecule has 1 spiro atoms. The molecule has 3 saturated carbocycles. The standard InChI is InChI=1S/C22H27BrO5/c1-11-6-13-14-8-16(23)15-7-12(25)4-5-19(15,2)22(14)18(28-22)9-20(13,3)21(11,27)17(26)10-24/h4-5,7,11,13-14,16,18,24,27H,6,8-10H2,1-3H3/t11-,13-,14-,16+,18-,19-,20-,21-,22+/m0/s1. The fraction of sp³-hybridized carbons (Fsp3) is 0.727. The molecule has 152 valence electrons. The number of allylic oxidation sites excluding steroid dienone is 2.